The third-order valence-electron chi connectivity index (χ3n) is 7.64. The normalized spacial score (nSPS) is 12.8. The predicted molar refractivity (Wildman–Crippen MR) is 157 cm³/mol. The van der Waals surface area contributed by atoms with Gasteiger partial charge in [0.15, 0.2) is 14.1 Å². The molecule has 0 atom stereocenters. The van der Waals surface area contributed by atoms with Crippen LogP contribution in [0.2, 0.25) is 42.3 Å². The average molecular weight is 505 g/mol. The number of carbonyl (C=O) groups excluding carboxylic acids is 1. The first-order valence-corrected chi connectivity index (χ1v) is 19.9. The van der Waals surface area contributed by atoms with E-state index in [2.05, 4.69) is 65.8 Å². The van der Waals surface area contributed by atoms with Crippen molar-refractivity contribution in [2.75, 3.05) is 0 Å². The van der Waals surface area contributed by atoms with Crippen molar-refractivity contribution in [3.63, 3.8) is 0 Å². The summed E-state index contributed by atoms with van der Waals surface area (Å²) in [5, 5.41) is 0. The largest absolute Gasteiger partial charge is 0.404 e. The molecule has 1 rings (SSSR count). The molecule has 196 valence electrons. The molecule has 0 fully saturated rings. The first-order chi connectivity index (χ1) is 16.2. The van der Waals surface area contributed by atoms with Crippen LogP contribution in [0.25, 0.3) is 0 Å². The molecule has 0 amide bonds. The Morgan fingerprint density at radius 2 is 1.09 bits per heavy atom. The first kappa shape index (κ1) is 31.3. The van der Waals surface area contributed by atoms with Gasteiger partial charge in [-0.1, -0.05) is 129 Å². The van der Waals surface area contributed by atoms with E-state index >= 15 is 0 Å². The van der Waals surface area contributed by atoms with Gasteiger partial charge >= 0.3 is 0 Å². The topological polar surface area (TPSA) is 26.3 Å². The molecule has 0 aliphatic rings. The van der Waals surface area contributed by atoms with Gasteiger partial charge in [0.1, 0.15) is 5.60 Å². The lowest BCUT2D eigenvalue weighted by molar-refractivity contribution is 0.0538. The smallest absolute Gasteiger partial charge is 0.194 e. The van der Waals surface area contributed by atoms with Gasteiger partial charge in [-0.15, -0.1) is 0 Å². The van der Waals surface area contributed by atoms with Gasteiger partial charge in [0, 0.05) is 5.56 Å². The molecule has 0 aliphatic heterocycles. The SMILES string of the molecule is CCC[Si](CCC)(CCC)CCc1ccc(C(=O)C(C)(C)O[Si](CCC)(CCC)CCC)cc1. The molecule has 4 heteroatoms. The molecule has 0 saturated heterocycles. The van der Waals surface area contributed by atoms with Crippen molar-refractivity contribution in [2.24, 2.45) is 0 Å². The number of Topliss-reactive ketones (excluding diaryl/α,β-unsaturated/α-hetero) is 1. The van der Waals surface area contributed by atoms with Crippen LogP contribution < -0.4 is 0 Å². The molecule has 0 spiro atoms. The fourth-order valence-electron chi connectivity index (χ4n) is 6.40. The zero-order chi connectivity index (χ0) is 25.7. The maximum atomic E-state index is 13.5. The highest BCUT2D eigenvalue weighted by atomic mass is 28.4. The van der Waals surface area contributed by atoms with E-state index in [0.717, 1.165) is 43.0 Å². The van der Waals surface area contributed by atoms with Crippen molar-refractivity contribution in [2.45, 2.75) is 148 Å². The fraction of sp³-hybridized carbons (Fsp3) is 0.767. The van der Waals surface area contributed by atoms with E-state index in [-0.39, 0.29) is 5.78 Å². The van der Waals surface area contributed by atoms with Crippen molar-refractivity contribution in [3.05, 3.63) is 35.4 Å². The second-order valence-corrected chi connectivity index (χ2v) is 20.4. The van der Waals surface area contributed by atoms with Gasteiger partial charge in [0.25, 0.3) is 0 Å². The molecule has 0 unspecified atom stereocenters. The lowest BCUT2D eigenvalue weighted by Gasteiger charge is -2.39. The lowest BCUT2D eigenvalue weighted by Crippen LogP contribution is -2.49. The number of carbonyl (C=O) groups is 1. The van der Waals surface area contributed by atoms with Gasteiger partial charge in [-0.05, 0) is 44.0 Å². The predicted octanol–water partition coefficient (Wildman–Crippen LogP) is 10.1. The number of rotatable bonds is 19. The number of ketones is 1. The van der Waals surface area contributed by atoms with Crippen LogP contribution in [-0.4, -0.2) is 27.8 Å². The van der Waals surface area contributed by atoms with E-state index in [1.807, 2.05) is 13.8 Å². The second kappa shape index (κ2) is 15.4. The molecule has 0 heterocycles. The van der Waals surface area contributed by atoms with Crippen LogP contribution in [0.3, 0.4) is 0 Å². The average Bonchev–Trinajstić information content (AvgIpc) is 2.78. The number of hydrogen-bond acceptors (Lipinski definition) is 2. The third kappa shape index (κ3) is 9.39. The van der Waals surface area contributed by atoms with Crippen LogP contribution in [0.15, 0.2) is 24.3 Å². The highest BCUT2D eigenvalue weighted by Crippen LogP contribution is 2.34. The molecule has 0 N–H and O–H groups in total. The minimum atomic E-state index is -1.91. The monoisotopic (exact) mass is 504 g/mol. The van der Waals surface area contributed by atoms with Crippen molar-refractivity contribution >= 4 is 22.2 Å². The van der Waals surface area contributed by atoms with Crippen LogP contribution in [0.4, 0.5) is 0 Å². The fourth-order valence-corrected chi connectivity index (χ4v) is 16.9. The highest BCUT2D eigenvalue weighted by molar-refractivity contribution is 6.79. The van der Waals surface area contributed by atoms with E-state index in [1.54, 1.807) is 0 Å². The molecule has 0 saturated carbocycles. The summed E-state index contributed by atoms with van der Waals surface area (Å²) in [5.74, 6) is 0.144. The summed E-state index contributed by atoms with van der Waals surface area (Å²) in [6.07, 6.45) is 8.58. The van der Waals surface area contributed by atoms with Gasteiger partial charge in [-0.25, -0.2) is 0 Å². The molecule has 1 aromatic rings. The van der Waals surface area contributed by atoms with Crippen LogP contribution in [-0.2, 0) is 10.8 Å². The summed E-state index contributed by atoms with van der Waals surface area (Å²) in [7, 11) is -3.09. The highest BCUT2D eigenvalue weighted by Gasteiger charge is 2.41. The van der Waals surface area contributed by atoms with E-state index in [1.165, 1.54) is 55.4 Å². The van der Waals surface area contributed by atoms with Crippen molar-refractivity contribution in [1.29, 1.82) is 0 Å². The standard InChI is InChI=1S/C30H56O2Si2/c1-9-20-33(21-10-2,22-11-3)26-19-27-15-17-28(18-16-27)29(31)30(7,8)32-34(23-12-4,24-13-5)25-14-6/h15-18H,9-14,19-26H2,1-8H3. The van der Waals surface area contributed by atoms with Gasteiger partial charge in [0.2, 0.25) is 0 Å². The Labute approximate surface area is 214 Å². The summed E-state index contributed by atoms with van der Waals surface area (Å²) in [6, 6.07) is 17.8. The number of benzene rings is 1. The second-order valence-electron chi connectivity index (χ2n) is 11.3. The molecule has 1 aromatic carbocycles. The van der Waals surface area contributed by atoms with Crippen molar-refractivity contribution in [3.8, 4) is 0 Å². The quantitative estimate of drug-likeness (QED) is 0.138. The summed E-state index contributed by atoms with van der Waals surface area (Å²) < 4.78 is 6.86. The minimum Gasteiger partial charge on any atom is -0.404 e. The Kier molecular flexibility index (Phi) is 14.2. The van der Waals surface area contributed by atoms with Crippen molar-refractivity contribution in [1.82, 2.24) is 0 Å². The van der Waals surface area contributed by atoms with E-state index in [4.69, 9.17) is 4.43 Å². The molecular formula is C30H56O2Si2. The van der Waals surface area contributed by atoms with Gasteiger partial charge in [0.05, 0.1) is 8.07 Å². The summed E-state index contributed by atoms with van der Waals surface area (Å²) in [5.41, 5.74) is 1.45. The summed E-state index contributed by atoms with van der Waals surface area (Å²) in [4.78, 5) is 13.5. The van der Waals surface area contributed by atoms with E-state index in [9.17, 15) is 4.79 Å². The van der Waals surface area contributed by atoms with Gasteiger partial charge in [-0.3, -0.25) is 4.79 Å². The number of aryl methyl sites for hydroxylation is 1. The van der Waals surface area contributed by atoms with E-state index < -0.39 is 22.0 Å². The van der Waals surface area contributed by atoms with Crippen LogP contribution >= 0.6 is 0 Å². The Morgan fingerprint density at radius 1 is 0.676 bits per heavy atom. The summed E-state index contributed by atoms with van der Waals surface area (Å²) >= 11 is 0. The van der Waals surface area contributed by atoms with Crippen LogP contribution in [0.1, 0.15) is 110 Å². The molecule has 0 aliphatic carbocycles. The molecule has 34 heavy (non-hydrogen) atoms. The minimum absolute atomic E-state index is 0.144. The third-order valence-corrected chi connectivity index (χ3v) is 18.8. The Hall–Kier alpha value is -0.716. The molecule has 0 bridgehead atoms. The zero-order valence-corrected chi connectivity index (χ0v) is 26.0. The first-order valence-electron chi connectivity index (χ1n) is 14.5. The maximum absolute atomic E-state index is 13.5. The van der Waals surface area contributed by atoms with Crippen LogP contribution in [0, 0.1) is 0 Å². The van der Waals surface area contributed by atoms with Gasteiger partial charge in [-0.2, -0.15) is 0 Å². The Balaban J connectivity index is 2.97. The van der Waals surface area contributed by atoms with Gasteiger partial charge < -0.3 is 4.43 Å². The van der Waals surface area contributed by atoms with E-state index in [0.29, 0.717) is 0 Å². The summed E-state index contributed by atoms with van der Waals surface area (Å²) in [6.45, 7) is 17.8. The Morgan fingerprint density at radius 3 is 1.47 bits per heavy atom. The van der Waals surface area contributed by atoms with Crippen molar-refractivity contribution < 1.29 is 9.22 Å². The molecule has 2 nitrogen and oxygen atoms in total. The molecule has 0 aromatic heterocycles. The Bertz CT molecular complexity index is 662. The zero-order valence-electron chi connectivity index (χ0n) is 24.0. The molecule has 0 radical (unpaired) electrons. The van der Waals surface area contributed by atoms with Crippen LogP contribution in [0.5, 0.6) is 0 Å². The lowest BCUT2D eigenvalue weighted by atomic mass is 9.96. The molecular weight excluding hydrogens is 449 g/mol. The maximum Gasteiger partial charge on any atom is 0.194 e. The number of hydrogen-bond donors (Lipinski definition) is 0.